The molecule has 0 spiro atoms. The van der Waals surface area contributed by atoms with Crippen LogP contribution in [0.2, 0.25) is 5.02 Å². The van der Waals surface area contributed by atoms with Gasteiger partial charge < -0.3 is 10.1 Å². The van der Waals surface area contributed by atoms with E-state index in [1.165, 1.54) is 5.56 Å². The van der Waals surface area contributed by atoms with E-state index >= 15 is 0 Å². The van der Waals surface area contributed by atoms with Gasteiger partial charge >= 0.3 is 6.09 Å². The predicted molar refractivity (Wildman–Crippen MR) is 116 cm³/mol. The van der Waals surface area contributed by atoms with Crippen molar-refractivity contribution in [1.82, 2.24) is 10.2 Å². The summed E-state index contributed by atoms with van der Waals surface area (Å²) >= 11 is 6.26. The molecule has 28 heavy (non-hydrogen) atoms. The minimum Gasteiger partial charge on any atom is -0.445 e. The molecule has 0 heterocycles. The molecule has 0 aliphatic carbocycles. The Morgan fingerprint density at radius 2 is 1.71 bits per heavy atom. The number of hydrogen-bond donors (Lipinski definition) is 1. The average Bonchev–Trinajstić information content (AvgIpc) is 2.72. The second-order valence-corrected chi connectivity index (χ2v) is 7.27. The van der Waals surface area contributed by atoms with Crippen LogP contribution in [0.4, 0.5) is 4.79 Å². The van der Waals surface area contributed by atoms with E-state index in [1.54, 1.807) is 0 Å². The van der Waals surface area contributed by atoms with Crippen molar-refractivity contribution in [2.45, 2.75) is 45.8 Å². The number of carbonyl (C=O) groups excluding carboxylic acids is 1. The SMILES string of the molecule is CCN(CCCCCCNC(=O)OCc1ccccc1)Cc1ccccc1Cl. The van der Waals surface area contributed by atoms with Gasteiger partial charge in [-0.05, 0) is 43.1 Å². The number of unbranched alkanes of at least 4 members (excludes halogenated alkanes) is 3. The highest BCUT2D eigenvalue weighted by atomic mass is 35.5. The molecule has 2 aromatic rings. The van der Waals surface area contributed by atoms with E-state index in [9.17, 15) is 4.79 Å². The third-order valence-electron chi connectivity index (χ3n) is 4.68. The van der Waals surface area contributed by atoms with Gasteiger partial charge in [-0.3, -0.25) is 4.90 Å². The maximum Gasteiger partial charge on any atom is 0.407 e. The Balaban J connectivity index is 1.50. The first kappa shape index (κ1) is 22.3. The van der Waals surface area contributed by atoms with Crippen LogP contribution in [-0.4, -0.2) is 30.6 Å². The monoisotopic (exact) mass is 402 g/mol. The van der Waals surface area contributed by atoms with E-state index in [0.717, 1.165) is 55.9 Å². The summed E-state index contributed by atoms with van der Waals surface area (Å²) in [7, 11) is 0. The van der Waals surface area contributed by atoms with Crippen molar-refractivity contribution in [3.05, 3.63) is 70.7 Å². The lowest BCUT2D eigenvalue weighted by atomic mass is 10.1. The van der Waals surface area contributed by atoms with Crippen LogP contribution in [0.3, 0.4) is 0 Å². The first-order valence-corrected chi connectivity index (χ1v) is 10.5. The summed E-state index contributed by atoms with van der Waals surface area (Å²) in [5.41, 5.74) is 2.18. The number of carbonyl (C=O) groups is 1. The molecule has 0 bridgehead atoms. The fraction of sp³-hybridized carbons (Fsp3) is 0.435. The minimum atomic E-state index is -0.347. The van der Waals surface area contributed by atoms with Gasteiger partial charge in [0.25, 0.3) is 0 Å². The Bertz CT molecular complexity index is 694. The van der Waals surface area contributed by atoms with Crippen molar-refractivity contribution in [3.63, 3.8) is 0 Å². The molecular weight excluding hydrogens is 372 g/mol. The van der Waals surface area contributed by atoms with Crippen LogP contribution in [0, 0.1) is 0 Å². The molecule has 0 radical (unpaired) electrons. The second-order valence-electron chi connectivity index (χ2n) is 6.86. The molecule has 152 valence electrons. The van der Waals surface area contributed by atoms with Crippen LogP contribution in [-0.2, 0) is 17.9 Å². The molecule has 1 N–H and O–H groups in total. The standard InChI is InChI=1S/C23H31ClN2O2/c1-2-26(18-21-14-8-9-15-22(21)24)17-11-4-3-10-16-25-23(27)28-19-20-12-6-5-7-13-20/h5-9,12-15H,2-4,10-11,16-19H2,1H3,(H,25,27). The van der Waals surface area contributed by atoms with Gasteiger partial charge in [0.15, 0.2) is 0 Å². The largest absolute Gasteiger partial charge is 0.445 e. The molecule has 4 nitrogen and oxygen atoms in total. The molecule has 0 saturated heterocycles. The van der Waals surface area contributed by atoms with E-state index in [4.69, 9.17) is 16.3 Å². The minimum absolute atomic E-state index is 0.310. The third-order valence-corrected chi connectivity index (χ3v) is 5.05. The van der Waals surface area contributed by atoms with Gasteiger partial charge in [-0.25, -0.2) is 4.79 Å². The molecule has 1 amide bonds. The fourth-order valence-corrected chi connectivity index (χ4v) is 3.19. The lowest BCUT2D eigenvalue weighted by molar-refractivity contribution is 0.139. The Morgan fingerprint density at radius 1 is 1.00 bits per heavy atom. The van der Waals surface area contributed by atoms with Gasteiger partial charge in [0.2, 0.25) is 0 Å². The van der Waals surface area contributed by atoms with E-state index < -0.39 is 0 Å². The Labute approximate surface area is 173 Å². The van der Waals surface area contributed by atoms with Crippen molar-refractivity contribution in [1.29, 1.82) is 0 Å². The van der Waals surface area contributed by atoms with Crippen LogP contribution in [0.5, 0.6) is 0 Å². The zero-order chi connectivity index (χ0) is 20.0. The molecule has 0 aliphatic rings. The van der Waals surface area contributed by atoms with E-state index in [-0.39, 0.29) is 6.09 Å². The second kappa shape index (κ2) is 13.2. The molecule has 0 aromatic heterocycles. The summed E-state index contributed by atoms with van der Waals surface area (Å²) in [5.74, 6) is 0. The maximum absolute atomic E-state index is 11.7. The number of benzene rings is 2. The van der Waals surface area contributed by atoms with E-state index in [0.29, 0.717) is 13.2 Å². The summed E-state index contributed by atoms with van der Waals surface area (Å²) in [6.07, 6.45) is 4.02. The van der Waals surface area contributed by atoms with Gasteiger partial charge in [0.05, 0.1) is 0 Å². The van der Waals surface area contributed by atoms with E-state index in [1.807, 2.05) is 48.5 Å². The normalized spacial score (nSPS) is 10.8. The number of nitrogens with one attached hydrogen (secondary N) is 1. The Hall–Kier alpha value is -2.04. The molecule has 0 aliphatic heterocycles. The lowest BCUT2D eigenvalue weighted by Gasteiger charge is -2.21. The summed E-state index contributed by atoms with van der Waals surface area (Å²) in [6, 6.07) is 17.7. The Kier molecular flexibility index (Phi) is 10.5. The van der Waals surface area contributed by atoms with Crippen LogP contribution in [0.15, 0.2) is 54.6 Å². The number of amides is 1. The number of ether oxygens (including phenoxy) is 1. The summed E-state index contributed by atoms with van der Waals surface area (Å²) in [5, 5.41) is 3.66. The molecule has 5 heteroatoms. The molecule has 0 atom stereocenters. The van der Waals surface area contributed by atoms with Crippen molar-refractivity contribution >= 4 is 17.7 Å². The van der Waals surface area contributed by atoms with Crippen molar-refractivity contribution < 1.29 is 9.53 Å². The molecular formula is C23H31ClN2O2. The zero-order valence-corrected chi connectivity index (χ0v) is 17.5. The number of halogens is 1. The first-order valence-electron chi connectivity index (χ1n) is 10.1. The molecule has 0 unspecified atom stereocenters. The average molecular weight is 403 g/mol. The molecule has 2 aromatic carbocycles. The quantitative estimate of drug-likeness (QED) is 0.466. The lowest BCUT2D eigenvalue weighted by Crippen LogP contribution is -2.25. The van der Waals surface area contributed by atoms with Crippen molar-refractivity contribution in [2.75, 3.05) is 19.6 Å². The summed E-state index contributed by atoms with van der Waals surface area (Å²) < 4.78 is 5.20. The number of alkyl carbamates (subject to hydrolysis) is 1. The van der Waals surface area contributed by atoms with Crippen molar-refractivity contribution in [2.24, 2.45) is 0 Å². The smallest absolute Gasteiger partial charge is 0.407 e. The summed E-state index contributed by atoms with van der Waals surface area (Å²) in [4.78, 5) is 14.1. The van der Waals surface area contributed by atoms with Gasteiger partial charge in [0.1, 0.15) is 6.61 Å². The van der Waals surface area contributed by atoms with Crippen LogP contribution in [0.1, 0.15) is 43.7 Å². The van der Waals surface area contributed by atoms with Gasteiger partial charge in [0, 0.05) is 18.1 Å². The van der Waals surface area contributed by atoms with Crippen LogP contribution in [0.25, 0.3) is 0 Å². The van der Waals surface area contributed by atoms with Crippen LogP contribution >= 0.6 is 11.6 Å². The highest BCUT2D eigenvalue weighted by Gasteiger charge is 2.06. The molecule has 0 saturated carbocycles. The van der Waals surface area contributed by atoms with Gasteiger partial charge in [-0.1, -0.05) is 79.9 Å². The highest BCUT2D eigenvalue weighted by Crippen LogP contribution is 2.17. The number of nitrogens with zero attached hydrogens (tertiary/aromatic N) is 1. The van der Waals surface area contributed by atoms with Gasteiger partial charge in [-0.2, -0.15) is 0 Å². The number of hydrogen-bond acceptors (Lipinski definition) is 3. The zero-order valence-electron chi connectivity index (χ0n) is 16.7. The molecule has 0 fully saturated rings. The first-order chi connectivity index (χ1) is 13.7. The summed E-state index contributed by atoms with van der Waals surface area (Å²) in [6.45, 7) is 6.12. The number of rotatable bonds is 12. The highest BCUT2D eigenvalue weighted by molar-refractivity contribution is 6.31. The van der Waals surface area contributed by atoms with Crippen molar-refractivity contribution in [3.8, 4) is 0 Å². The maximum atomic E-state index is 11.7. The van der Waals surface area contributed by atoms with E-state index in [2.05, 4.69) is 23.2 Å². The van der Waals surface area contributed by atoms with Gasteiger partial charge in [-0.15, -0.1) is 0 Å². The fourth-order valence-electron chi connectivity index (χ4n) is 3.00. The Morgan fingerprint density at radius 3 is 2.46 bits per heavy atom. The van der Waals surface area contributed by atoms with Crippen LogP contribution < -0.4 is 5.32 Å². The molecule has 2 rings (SSSR count). The third kappa shape index (κ3) is 8.77. The topological polar surface area (TPSA) is 41.6 Å². The predicted octanol–water partition coefficient (Wildman–Crippen LogP) is 5.65.